The van der Waals surface area contributed by atoms with Crippen molar-refractivity contribution in [2.45, 2.75) is 25.9 Å². The van der Waals surface area contributed by atoms with Crippen LogP contribution < -0.4 is 15.2 Å². The molecular formula is C12H16BrNO3. The summed E-state index contributed by atoms with van der Waals surface area (Å²) >= 11 is 3.52. The normalized spacial score (nSPS) is 15.4. The summed E-state index contributed by atoms with van der Waals surface area (Å²) in [4.78, 5) is 0. The molecule has 0 amide bonds. The summed E-state index contributed by atoms with van der Waals surface area (Å²) in [6, 6.07) is 1.82. The van der Waals surface area contributed by atoms with Crippen LogP contribution in [0.4, 0.5) is 0 Å². The van der Waals surface area contributed by atoms with Gasteiger partial charge in [0.25, 0.3) is 0 Å². The Kier molecular flexibility index (Phi) is 3.61. The van der Waals surface area contributed by atoms with Crippen LogP contribution in [0.2, 0.25) is 0 Å². The van der Waals surface area contributed by atoms with Gasteiger partial charge < -0.3 is 20.3 Å². The Hall–Kier alpha value is -0.780. The summed E-state index contributed by atoms with van der Waals surface area (Å²) in [5, 5.41) is 9.97. The van der Waals surface area contributed by atoms with Gasteiger partial charge in [-0.2, -0.15) is 0 Å². The lowest BCUT2D eigenvalue weighted by Gasteiger charge is -2.19. The minimum absolute atomic E-state index is 0.186. The molecule has 0 spiro atoms. The van der Waals surface area contributed by atoms with Crippen LogP contribution >= 0.6 is 15.9 Å². The fourth-order valence-electron chi connectivity index (χ4n) is 2.02. The molecule has 2 rings (SSSR count). The second-order valence-corrected chi connectivity index (χ2v) is 5.13. The number of aliphatic hydroxyl groups excluding tert-OH is 1. The van der Waals surface area contributed by atoms with Gasteiger partial charge in [0.1, 0.15) is 0 Å². The lowest BCUT2D eigenvalue weighted by Crippen LogP contribution is -2.14. The highest BCUT2D eigenvalue weighted by atomic mass is 79.9. The zero-order valence-electron chi connectivity index (χ0n) is 9.87. The van der Waals surface area contributed by atoms with Crippen molar-refractivity contribution in [1.82, 2.24) is 0 Å². The first kappa shape index (κ1) is 12.7. The van der Waals surface area contributed by atoms with Crippen LogP contribution in [0.3, 0.4) is 0 Å². The molecule has 4 nitrogen and oxygen atoms in total. The maximum atomic E-state index is 9.97. The van der Waals surface area contributed by atoms with E-state index in [2.05, 4.69) is 29.8 Å². The maximum absolute atomic E-state index is 9.97. The predicted octanol–water partition coefficient (Wildman–Crippen LogP) is 2.29. The molecule has 0 aliphatic carbocycles. The van der Waals surface area contributed by atoms with E-state index in [-0.39, 0.29) is 19.3 Å². The van der Waals surface area contributed by atoms with Gasteiger partial charge in [0, 0.05) is 6.54 Å². The number of hydrogen-bond acceptors (Lipinski definition) is 4. The molecule has 1 atom stereocenters. The molecule has 0 saturated carbocycles. The average molecular weight is 302 g/mol. The molecule has 0 aromatic heterocycles. The number of aliphatic hydroxyl groups is 1. The van der Waals surface area contributed by atoms with Crippen LogP contribution in [0.1, 0.15) is 37.0 Å². The van der Waals surface area contributed by atoms with Gasteiger partial charge in [-0.25, -0.2) is 0 Å². The van der Waals surface area contributed by atoms with Gasteiger partial charge in [-0.3, -0.25) is 0 Å². The second-order valence-electron chi connectivity index (χ2n) is 4.33. The third-order valence-electron chi connectivity index (χ3n) is 2.83. The highest BCUT2D eigenvalue weighted by molar-refractivity contribution is 9.10. The highest BCUT2D eigenvalue weighted by Gasteiger charge is 2.26. The number of fused-ring (bicyclic) bond motifs is 1. The first-order valence-corrected chi connectivity index (χ1v) is 6.35. The molecule has 5 heteroatoms. The van der Waals surface area contributed by atoms with Crippen LogP contribution in [0, 0.1) is 0 Å². The van der Waals surface area contributed by atoms with Gasteiger partial charge in [0.2, 0.25) is 6.79 Å². The average Bonchev–Trinajstić information content (AvgIpc) is 2.75. The predicted molar refractivity (Wildman–Crippen MR) is 68.4 cm³/mol. The summed E-state index contributed by atoms with van der Waals surface area (Å²) in [5.41, 5.74) is 7.36. The zero-order valence-corrected chi connectivity index (χ0v) is 11.5. The van der Waals surface area contributed by atoms with Gasteiger partial charge in [-0.1, -0.05) is 13.8 Å². The minimum Gasteiger partial charge on any atom is -0.454 e. The molecule has 0 fully saturated rings. The summed E-state index contributed by atoms with van der Waals surface area (Å²) in [6.07, 6.45) is -0.682. The first-order valence-electron chi connectivity index (χ1n) is 5.56. The molecule has 1 aliphatic rings. The third-order valence-corrected chi connectivity index (χ3v) is 3.62. The van der Waals surface area contributed by atoms with Crippen molar-refractivity contribution in [1.29, 1.82) is 0 Å². The lowest BCUT2D eigenvalue weighted by atomic mass is 9.93. The van der Waals surface area contributed by atoms with Crippen molar-refractivity contribution in [3.8, 4) is 11.5 Å². The number of rotatable bonds is 3. The smallest absolute Gasteiger partial charge is 0.231 e. The fourth-order valence-corrected chi connectivity index (χ4v) is 3.02. The van der Waals surface area contributed by atoms with Gasteiger partial charge in [0.15, 0.2) is 11.5 Å². The number of hydrogen-bond donors (Lipinski definition) is 2. The van der Waals surface area contributed by atoms with Gasteiger partial charge >= 0.3 is 0 Å². The van der Waals surface area contributed by atoms with E-state index in [1.165, 1.54) is 0 Å². The van der Waals surface area contributed by atoms with E-state index in [0.717, 1.165) is 15.6 Å². The second kappa shape index (κ2) is 4.84. The Balaban J connectivity index is 2.61. The van der Waals surface area contributed by atoms with E-state index in [1.807, 2.05) is 6.07 Å². The third kappa shape index (κ3) is 2.14. The molecule has 1 aromatic carbocycles. The van der Waals surface area contributed by atoms with Gasteiger partial charge in [-0.15, -0.1) is 0 Å². The molecule has 0 bridgehead atoms. The molecule has 94 valence electrons. The quantitative estimate of drug-likeness (QED) is 0.899. The molecule has 1 heterocycles. The van der Waals surface area contributed by atoms with E-state index < -0.39 is 6.10 Å². The highest BCUT2D eigenvalue weighted by Crippen LogP contribution is 2.46. The Morgan fingerprint density at radius 2 is 2.18 bits per heavy atom. The van der Waals surface area contributed by atoms with E-state index in [4.69, 9.17) is 15.2 Å². The fraction of sp³-hybridized carbons (Fsp3) is 0.500. The standard InChI is InChI=1S/C12H16BrNO3/c1-6(2)10-7(8(15)4-14)3-9-12(11(10)13)17-5-16-9/h3,6,8,15H,4-5,14H2,1-2H3. The molecule has 1 unspecified atom stereocenters. The van der Waals surface area contributed by atoms with Crippen LogP contribution in [0.25, 0.3) is 0 Å². The minimum atomic E-state index is -0.682. The van der Waals surface area contributed by atoms with Crippen LogP contribution in [0.5, 0.6) is 11.5 Å². The van der Waals surface area contributed by atoms with Crippen molar-refractivity contribution in [3.63, 3.8) is 0 Å². The van der Waals surface area contributed by atoms with E-state index in [9.17, 15) is 5.11 Å². The van der Waals surface area contributed by atoms with Crippen molar-refractivity contribution in [2.24, 2.45) is 5.73 Å². The molecule has 17 heavy (non-hydrogen) atoms. The Morgan fingerprint density at radius 1 is 1.47 bits per heavy atom. The van der Waals surface area contributed by atoms with Crippen molar-refractivity contribution in [2.75, 3.05) is 13.3 Å². The molecule has 0 saturated heterocycles. The van der Waals surface area contributed by atoms with Crippen molar-refractivity contribution < 1.29 is 14.6 Å². The maximum Gasteiger partial charge on any atom is 0.231 e. The van der Waals surface area contributed by atoms with E-state index in [1.54, 1.807) is 0 Å². The number of benzene rings is 1. The van der Waals surface area contributed by atoms with Crippen LogP contribution in [0.15, 0.2) is 10.5 Å². The Morgan fingerprint density at radius 3 is 2.76 bits per heavy atom. The SMILES string of the molecule is CC(C)c1c(C(O)CN)cc2c(c1Br)OCO2. The van der Waals surface area contributed by atoms with Crippen molar-refractivity contribution in [3.05, 3.63) is 21.7 Å². The molecule has 3 N–H and O–H groups in total. The summed E-state index contributed by atoms with van der Waals surface area (Å²) in [5.74, 6) is 1.63. The Labute approximate surface area is 109 Å². The van der Waals surface area contributed by atoms with Gasteiger partial charge in [0.05, 0.1) is 10.6 Å². The van der Waals surface area contributed by atoms with E-state index in [0.29, 0.717) is 11.5 Å². The van der Waals surface area contributed by atoms with Crippen molar-refractivity contribution >= 4 is 15.9 Å². The monoisotopic (exact) mass is 301 g/mol. The molecular weight excluding hydrogens is 286 g/mol. The number of nitrogens with two attached hydrogens (primary N) is 1. The van der Waals surface area contributed by atoms with Crippen LogP contribution in [-0.2, 0) is 0 Å². The summed E-state index contributed by atoms with van der Waals surface area (Å²) < 4.78 is 11.6. The summed E-state index contributed by atoms with van der Waals surface area (Å²) in [7, 11) is 0. The van der Waals surface area contributed by atoms with Gasteiger partial charge in [-0.05, 0) is 39.0 Å². The Bertz CT molecular complexity index is 434. The topological polar surface area (TPSA) is 64.7 Å². The lowest BCUT2D eigenvalue weighted by molar-refractivity contribution is 0.172. The summed E-state index contributed by atoms with van der Waals surface area (Å²) in [6.45, 7) is 4.53. The first-order chi connectivity index (χ1) is 8.06. The van der Waals surface area contributed by atoms with E-state index >= 15 is 0 Å². The molecule has 1 aromatic rings. The number of halogens is 1. The zero-order chi connectivity index (χ0) is 12.6. The molecule has 1 aliphatic heterocycles. The van der Waals surface area contributed by atoms with Crippen LogP contribution in [-0.4, -0.2) is 18.4 Å². The molecule has 0 radical (unpaired) electrons. The number of ether oxygens (including phenoxy) is 2. The largest absolute Gasteiger partial charge is 0.454 e.